The summed E-state index contributed by atoms with van der Waals surface area (Å²) in [6.07, 6.45) is 7.31. The number of nitrogens with zero attached hydrogens (tertiary/aromatic N) is 2. The van der Waals surface area contributed by atoms with E-state index < -0.39 is 10.0 Å². The first kappa shape index (κ1) is 22.9. The Morgan fingerprint density at radius 3 is 2.00 bits per heavy atom. The third-order valence-corrected chi connectivity index (χ3v) is 8.75. The fourth-order valence-electron chi connectivity index (χ4n) is 5.03. The summed E-state index contributed by atoms with van der Waals surface area (Å²) in [5, 5.41) is 2.73. The summed E-state index contributed by atoms with van der Waals surface area (Å²) in [5.74, 6) is -1.02. The van der Waals surface area contributed by atoms with Crippen molar-refractivity contribution in [3.63, 3.8) is 0 Å². The molecular formula is C23H31N3O5S. The molecule has 0 unspecified atom stereocenters. The van der Waals surface area contributed by atoms with Gasteiger partial charge in [-0.15, -0.1) is 0 Å². The van der Waals surface area contributed by atoms with Crippen molar-refractivity contribution in [2.24, 2.45) is 11.8 Å². The van der Waals surface area contributed by atoms with E-state index in [2.05, 4.69) is 5.32 Å². The maximum Gasteiger partial charge on any atom is 0.243 e. The minimum Gasteiger partial charge on any atom is -0.326 e. The lowest BCUT2D eigenvalue weighted by Crippen LogP contribution is -2.34. The SMILES string of the molecule is O=C(CCN1C(=O)[C@H]2CCCC[C@@H]2C1=O)Nc1ccc(S(=O)(=O)N2CCCCCC2)cc1. The minimum absolute atomic E-state index is 0.0186. The molecule has 0 spiro atoms. The molecule has 3 amide bonds. The summed E-state index contributed by atoms with van der Waals surface area (Å²) in [6, 6.07) is 6.16. The number of hydrogen-bond donors (Lipinski definition) is 1. The Morgan fingerprint density at radius 1 is 0.875 bits per heavy atom. The number of carbonyl (C=O) groups is 3. The Balaban J connectivity index is 1.32. The zero-order valence-corrected chi connectivity index (χ0v) is 19.1. The molecule has 1 N–H and O–H groups in total. The Bertz CT molecular complexity index is 944. The van der Waals surface area contributed by atoms with Gasteiger partial charge in [0, 0.05) is 31.7 Å². The second-order valence-electron chi connectivity index (χ2n) is 8.97. The van der Waals surface area contributed by atoms with E-state index in [1.807, 2.05) is 0 Å². The molecule has 2 saturated heterocycles. The second kappa shape index (κ2) is 9.70. The van der Waals surface area contributed by atoms with Gasteiger partial charge in [-0.1, -0.05) is 25.7 Å². The molecule has 3 aliphatic rings. The van der Waals surface area contributed by atoms with Crippen LogP contribution in [0.15, 0.2) is 29.2 Å². The van der Waals surface area contributed by atoms with E-state index in [0.717, 1.165) is 51.4 Å². The van der Waals surface area contributed by atoms with Crippen molar-refractivity contribution in [3.8, 4) is 0 Å². The van der Waals surface area contributed by atoms with Crippen molar-refractivity contribution in [1.82, 2.24) is 9.21 Å². The van der Waals surface area contributed by atoms with Crippen LogP contribution in [-0.4, -0.2) is 55.0 Å². The topological polar surface area (TPSA) is 104 Å². The number of sulfonamides is 1. The molecule has 4 rings (SSSR count). The van der Waals surface area contributed by atoms with Gasteiger partial charge in [0.25, 0.3) is 0 Å². The van der Waals surface area contributed by atoms with Gasteiger partial charge in [-0.2, -0.15) is 4.31 Å². The Kier molecular flexibility index (Phi) is 6.95. The van der Waals surface area contributed by atoms with Gasteiger partial charge >= 0.3 is 0 Å². The molecule has 2 aliphatic heterocycles. The number of nitrogens with one attached hydrogen (secondary N) is 1. The monoisotopic (exact) mass is 461 g/mol. The predicted molar refractivity (Wildman–Crippen MR) is 119 cm³/mol. The van der Waals surface area contributed by atoms with Crippen LogP contribution < -0.4 is 5.32 Å². The Labute approximate surface area is 189 Å². The summed E-state index contributed by atoms with van der Waals surface area (Å²) >= 11 is 0. The van der Waals surface area contributed by atoms with Crippen LogP contribution in [0.4, 0.5) is 5.69 Å². The molecule has 2 heterocycles. The number of amides is 3. The molecule has 32 heavy (non-hydrogen) atoms. The van der Waals surface area contributed by atoms with Crippen LogP contribution in [0.25, 0.3) is 0 Å². The maximum absolute atomic E-state index is 12.9. The van der Waals surface area contributed by atoms with Crippen molar-refractivity contribution < 1.29 is 22.8 Å². The number of likely N-dealkylation sites (tertiary alicyclic amines) is 1. The van der Waals surface area contributed by atoms with Crippen molar-refractivity contribution in [1.29, 1.82) is 0 Å². The summed E-state index contributed by atoms with van der Waals surface area (Å²) in [5.41, 5.74) is 0.484. The quantitative estimate of drug-likeness (QED) is 0.656. The van der Waals surface area contributed by atoms with Gasteiger partial charge in [0.05, 0.1) is 16.7 Å². The first-order valence-electron chi connectivity index (χ1n) is 11.6. The molecule has 0 bridgehead atoms. The standard InChI is InChI=1S/C23H31N3O5S/c27-21(13-16-26-22(28)19-7-3-4-8-20(19)23(26)29)24-17-9-11-18(12-10-17)32(30,31)25-14-5-1-2-6-15-25/h9-12,19-20H,1-8,13-16H2,(H,24,27)/t19-,20-/m0/s1. The Hall–Kier alpha value is -2.26. The number of rotatable bonds is 6. The molecule has 2 atom stereocenters. The zero-order chi connectivity index (χ0) is 22.7. The third kappa shape index (κ3) is 4.73. The normalized spacial score (nSPS) is 24.8. The van der Waals surface area contributed by atoms with Crippen molar-refractivity contribution in [3.05, 3.63) is 24.3 Å². The van der Waals surface area contributed by atoms with Gasteiger partial charge < -0.3 is 5.32 Å². The summed E-state index contributed by atoms with van der Waals surface area (Å²) in [6.45, 7) is 1.16. The molecule has 1 aromatic carbocycles. The number of carbonyl (C=O) groups excluding carboxylic acids is 3. The number of fused-ring (bicyclic) bond motifs is 1. The highest BCUT2D eigenvalue weighted by Crippen LogP contribution is 2.38. The van der Waals surface area contributed by atoms with E-state index in [9.17, 15) is 22.8 Å². The smallest absolute Gasteiger partial charge is 0.243 e. The molecule has 9 heteroatoms. The van der Waals surface area contributed by atoms with Crippen LogP contribution in [0.2, 0.25) is 0 Å². The summed E-state index contributed by atoms with van der Waals surface area (Å²) < 4.78 is 27.3. The van der Waals surface area contributed by atoms with Crippen LogP contribution in [0.1, 0.15) is 57.8 Å². The van der Waals surface area contributed by atoms with Crippen LogP contribution >= 0.6 is 0 Å². The van der Waals surface area contributed by atoms with Gasteiger partial charge in [0.15, 0.2) is 0 Å². The van der Waals surface area contributed by atoms with Crippen LogP contribution in [0.5, 0.6) is 0 Å². The zero-order valence-electron chi connectivity index (χ0n) is 18.3. The second-order valence-corrected chi connectivity index (χ2v) is 10.9. The summed E-state index contributed by atoms with van der Waals surface area (Å²) in [7, 11) is -3.54. The fourth-order valence-corrected chi connectivity index (χ4v) is 6.55. The van der Waals surface area contributed by atoms with E-state index in [0.29, 0.717) is 18.8 Å². The van der Waals surface area contributed by atoms with Crippen LogP contribution in [0.3, 0.4) is 0 Å². The highest BCUT2D eigenvalue weighted by atomic mass is 32.2. The van der Waals surface area contributed by atoms with Crippen LogP contribution in [-0.2, 0) is 24.4 Å². The molecule has 3 fully saturated rings. The maximum atomic E-state index is 12.9. The molecule has 1 aliphatic carbocycles. The number of benzene rings is 1. The molecular weight excluding hydrogens is 430 g/mol. The fraction of sp³-hybridized carbons (Fsp3) is 0.609. The predicted octanol–water partition coefficient (Wildman–Crippen LogP) is 2.76. The van der Waals surface area contributed by atoms with Gasteiger partial charge in [0.2, 0.25) is 27.7 Å². The molecule has 8 nitrogen and oxygen atoms in total. The lowest BCUT2D eigenvalue weighted by atomic mass is 9.81. The van der Waals surface area contributed by atoms with E-state index in [1.165, 1.54) is 21.3 Å². The number of anilines is 1. The van der Waals surface area contributed by atoms with Crippen molar-refractivity contribution >= 4 is 33.4 Å². The number of imide groups is 1. The van der Waals surface area contributed by atoms with E-state index in [-0.39, 0.29) is 47.4 Å². The van der Waals surface area contributed by atoms with Crippen LogP contribution in [0, 0.1) is 11.8 Å². The van der Waals surface area contributed by atoms with E-state index >= 15 is 0 Å². The lowest BCUT2D eigenvalue weighted by Gasteiger charge is -2.20. The minimum atomic E-state index is -3.54. The average molecular weight is 462 g/mol. The molecule has 0 radical (unpaired) electrons. The first-order chi connectivity index (χ1) is 15.4. The largest absolute Gasteiger partial charge is 0.326 e. The lowest BCUT2D eigenvalue weighted by molar-refractivity contribution is -0.140. The van der Waals surface area contributed by atoms with E-state index in [4.69, 9.17) is 0 Å². The van der Waals surface area contributed by atoms with Gasteiger partial charge in [-0.25, -0.2) is 8.42 Å². The molecule has 0 aromatic heterocycles. The molecule has 1 aromatic rings. The molecule has 1 saturated carbocycles. The number of hydrogen-bond acceptors (Lipinski definition) is 5. The first-order valence-corrected chi connectivity index (χ1v) is 13.1. The highest BCUT2D eigenvalue weighted by molar-refractivity contribution is 7.89. The van der Waals surface area contributed by atoms with Gasteiger partial charge in [0.1, 0.15) is 0 Å². The van der Waals surface area contributed by atoms with Crippen molar-refractivity contribution in [2.45, 2.75) is 62.7 Å². The highest BCUT2D eigenvalue weighted by Gasteiger charge is 2.47. The van der Waals surface area contributed by atoms with E-state index in [1.54, 1.807) is 12.1 Å². The van der Waals surface area contributed by atoms with Crippen molar-refractivity contribution in [2.75, 3.05) is 25.0 Å². The molecule has 174 valence electrons. The summed E-state index contributed by atoms with van der Waals surface area (Å²) in [4.78, 5) is 38.9. The third-order valence-electron chi connectivity index (χ3n) is 6.84. The Morgan fingerprint density at radius 2 is 1.44 bits per heavy atom. The van der Waals surface area contributed by atoms with Gasteiger partial charge in [-0.05, 0) is 49.9 Å². The van der Waals surface area contributed by atoms with Gasteiger partial charge in [-0.3, -0.25) is 19.3 Å². The average Bonchev–Trinajstić information content (AvgIpc) is 2.98.